The third kappa shape index (κ3) is 19.1. The second-order valence-corrected chi connectivity index (χ2v) is 23.8. The smallest absolute Gasteiger partial charge is 0.303 e. The van der Waals surface area contributed by atoms with Crippen LogP contribution in [-0.2, 0) is 79.8 Å². The number of carboxylic acid groups (broad SMARTS) is 1. The van der Waals surface area contributed by atoms with Gasteiger partial charge >= 0.3 is 5.97 Å². The first-order valence-corrected chi connectivity index (χ1v) is 29.7. The Kier molecular flexibility index (Phi) is 23.6. The Hall–Kier alpha value is -4.22. The van der Waals surface area contributed by atoms with Crippen molar-refractivity contribution in [2.45, 2.75) is 85.8 Å². The SMILES string of the molecule is COCCOCCOCCOCCOCCN1/C(=C/C=C/C=C/C=C/C2=[N+](CCCCCC(=O)O)c3ccc(S(=O)(=O)O)cc3C2(C)CCCS(=O)(=O)O)C(C)(CCCS(=O)(=O)O)c2cc(S(=O)(=O)O)ccc21. The number of anilines is 1. The van der Waals surface area contributed by atoms with E-state index in [1.807, 2.05) is 23.3 Å². The quantitative estimate of drug-likeness (QED) is 0.0244. The summed E-state index contributed by atoms with van der Waals surface area (Å²) in [6.45, 7) is 7.51. The minimum atomic E-state index is -4.64. The zero-order chi connectivity index (χ0) is 53.9. The van der Waals surface area contributed by atoms with Crippen molar-refractivity contribution in [2.24, 2.45) is 0 Å². The monoisotopic (exact) mass is 1110 g/mol. The van der Waals surface area contributed by atoms with E-state index >= 15 is 0 Å². The molecule has 25 heteroatoms. The predicted molar refractivity (Wildman–Crippen MR) is 272 cm³/mol. The van der Waals surface area contributed by atoms with E-state index in [1.165, 1.54) is 24.3 Å². The Balaban J connectivity index is 1.63. The van der Waals surface area contributed by atoms with Gasteiger partial charge in [0, 0.05) is 61.0 Å². The molecule has 0 amide bonds. The molecule has 21 nitrogen and oxygen atoms in total. The molecule has 0 radical (unpaired) electrons. The summed E-state index contributed by atoms with van der Waals surface area (Å²) >= 11 is 0. The van der Waals surface area contributed by atoms with E-state index in [-0.39, 0.29) is 68.3 Å². The second kappa shape index (κ2) is 28.1. The number of benzene rings is 2. The first-order chi connectivity index (χ1) is 34.3. The van der Waals surface area contributed by atoms with E-state index in [0.29, 0.717) is 99.4 Å². The lowest BCUT2D eigenvalue weighted by molar-refractivity contribution is -0.438. The van der Waals surface area contributed by atoms with E-state index in [1.54, 1.807) is 61.8 Å². The van der Waals surface area contributed by atoms with Crippen LogP contribution in [0.25, 0.3) is 0 Å². The van der Waals surface area contributed by atoms with Gasteiger partial charge in [0.1, 0.15) is 6.54 Å². The number of hydrogen-bond acceptors (Lipinski definition) is 15. The van der Waals surface area contributed by atoms with E-state index in [9.17, 15) is 56.7 Å². The molecule has 5 N–H and O–H groups in total. The second-order valence-electron chi connectivity index (χ2n) is 17.8. The minimum absolute atomic E-state index is 0.00135. The molecule has 2 heterocycles. The van der Waals surface area contributed by atoms with Crippen LogP contribution in [0.3, 0.4) is 0 Å². The van der Waals surface area contributed by atoms with Crippen LogP contribution in [0, 0.1) is 0 Å². The third-order valence-corrected chi connectivity index (χ3v) is 15.7. The molecule has 2 aliphatic heterocycles. The molecular weight excluding hydrogens is 1040 g/mol. The predicted octanol–water partition coefficient (Wildman–Crippen LogP) is 5.56. The van der Waals surface area contributed by atoms with E-state index in [0.717, 1.165) is 0 Å². The average molecular weight is 1110 g/mol. The van der Waals surface area contributed by atoms with Gasteiger partial charge in [-0.15, -0.1) is 0 Å². The lowest BCUT2D eigenvalue weighted by Gasteiger charge is -2.30. The molecule has 0 bridgehead atoms. The Morgan fingerprint density at radius 1 is 0.616 bits per heavy atom. The third-order valence-electron chi connectivity index (χ3n) is 12.4. The normalized spacial score (nSPS) is 19.1. The molecule has 2 aromatic carbocycles. The average Bonchev–Trinajstić information content (AvgIpc) is 3.66. The van der Waals surface area contributed by atoms with Gasteiger partial charge in [0.25, 0.3) is 40.5 Å². The van der Waals surface area contributed by atoms with Crippen molar-refractivity contribution in [3.63, 3.8) is 0 Å². The van der Waals surface area contributed by atoms with E-state index in [4.69, 9.17) is 28.8 Å². The molecule has 0 aromatic heterocycles. The summed E-state index contributed by atoms with van der Waals surface area (Å²) in [5, 5.41) is 9.15. The summed E-state index contributed by atoms with van der Waals surface area (Å²) in [5.74, 6) is -2.04. The van der Waals surface area contributed by atoms with Crippen LogP contribution in [0.4, 0.5) is 11.4 Å². The number of rotatable bonds is 35. The number of aliphatic carboxylic acids is 1. The summed E-state index contributed by atoms with van der Waals surface area (Å²) in [6.07, 6.45) is 14.0. The van der Waals surface area contributed by atoms with Crippen LogP contribution >= 0.6 is 0 Å². The fourth-order valence-corrected chi connectivity index (χ4v) is 10.9. The molecule has 0 saturated heterocycles. The molecular formula is C48H69N2O19S4+. The van der Waals surface area contributed by atoms with Crippen molar-refractivity contribution >= 4 is 63.5 Å². The van der Waals surface area contributed by atoms with Gasteiger partial charge in [0.15, 0.2) is 5.71 Å². The van der Waals surface area contributed by atoms with Gasteiger partial charge in [-0.25, -0.2) is 0 Å². The topological polar surface area (TPSA) is 307 Å². The van der Waals surface area contributed by atoms with Gasteiger partial charge in [-0.1, -0.05) is 30.4 Å². The maximum absolute atomic E-state index is 12.3. The standard InChI is InChI=1S/C48H68N2O19S4/c1-47(21-12-34-70(53,54)55)40-36-38(72(59,60)61)17-19-42(40)49(23-11-7-10-16-46(51)52)44(47)14-8-5-4-6-9-15-45-48(2,22-13-35-71(56,57)58)41-37-39(73(62,63)64)18-20-43(41)50(45)24-25-66-28-29-68-32-33-69-31-30-67-27-26-65-3/h4-6,8-9,14-15,17-20,36-37H,7,10-13,16,21-35H2,1-3H3,(H4-,51,52,53,54,55,56,57,58,59,60,61,62,63,64)/p+1. The zero-order valence-corrected chi connectivity index (χ0v) is 44.6. The van der Waals surface area contributed by atoms with Crippen LogP contribution < -0.4 is 4.90 Å². The van der Waals surface area contributed by atoms with Crippen molar-refractivity contribution in [1.82, 2.24) is 0 Å². The Morgan fingerprint density at radius 3 is 1.67 bits per heavy atom. The van der Waals surface area contributed by atoms with Crippen LogP contribution in [0.2, 0.25) is 0 Å². The number of carbonyl (C=O) groups is 1. The van der Waals surface area contributed by atoms with Gasteiger partial charge in [0.05, 0.1) is 86.2 Å². The summed E-state index contributed by atoms with van der Waals surface area (Å²) in [5.41, 5.74) is 1.43. The zero-order valence-electron chi connectivity index (χ0n) is 41.3. The highest BCUT2D eigenvalue weighted by molar-refractivity contribution is 7.86. The lowest BCUT2D eigenvalue weighted by atomic mass is 9.76. The molecule has 0 spiro atoms. The molecule has 4 rings (SSSR count). The number of hydrogen-bond donors (Lipinski definition) is 5. The molecule has 2 aromatic rings. The van der Waals surface area contributed by atoms with E-state index in [2.05, 4.69) is 0 Å². The first kappa shape index (κ1) is 61.3. The Bertz CT molecular complexity index is 2810. The van der Waals surface area contributed by atoms with Crippen LogP contribution in [0.1, 0.15) is 76.3 Å². The van der Waals surface area contributed by atoms with Crippen molar-refractivity contribution in [1.29, 1.82) is 0 Å². The molecule has 2 unspecified atom stereocenters. The number of ether oxygens (including phenoxy) is 5. The summed E-state index contributed by atoms with van der Waals surface area (Å²) in [7, 11) is -16.4. The van der Waals surface area contributed by atoms with Gasteiger partial charge in [0.2, 0.25) is 5.69 Å². The summed E-state index contributed by atoms with van der Waals surface area (Å²) < 4.78 is 165. The van der Waals surface area contributed by atoms with Gasteiger partial charge in [-0.2, -0.15) is 38.2 Å². The van der Waals surface area contributed by atoms with Gasteiger partial charge in [-0.3, -0.25) is 23.0 Å². The molecule has 73 heavy (non-hydrogen) atoms. The van der Waals surface area contributed by atoms with Crippen molar-refractivity contribution in [3.8, 4) is 0 Å². The highest BCUT2D eigenvalue weighted by Crippen LogP contribution is 2.51. The number of methoxy groups -OCH3 is 1. The maximum Gasteiger partial charge on any atom is 0.303 e. The van der Waals surface area contributed by atoms with Gasteiger partial charge in [-0.05, 0) is 94.3 Å². The fourth-order valence-electron chi connectivity index (χ4n) is 8.88. The molecule has 0 fully saturated rings. The highest BCUT2D eigenvalue weighted by atomic mass is 32.2. The van der Waals surface area contributed by atoms with Crippen LogP contribution in [0.5, 0.6) is 0 Å². The molecule has 2 atom stereocenters. The van der Waals surface area contributed by atoms with Crippen LogP contribution in [-0.4, -0.2) is 164 Å². The van der Waals surface area contributed by atoms with Crippen molar-refractivity contribution in [2.75, 3.05) is 96.1 Å². The number of carboxylic acids is 1. The largest absolute Gasteiger partial charge is 0.481 e. The number of unbranched alkanes of at least 4 members (excludes halogenated alkanes) is 2. The molecule has 408 valence electrons. The summed E-state index contributed by atoms with van der Waals surface area (Å²) in [6, 6.07) is 8.33. The Labute approximate surface area is 429 Å². The molecule has 2 aliphatic rings. The number of allylic oxidation sites excluding steroid dienone is 8. The maximum atomic E-state index is 12.3. The van der Waals surface area contributed by atoms with E-state index < -0.39 is 68.8 Å². The molecule has 0 saturated carbocycles. The Morgan fingerprint density at radius 2 is 1.12 bits per heavy atom. The lowest BCUT2D eigenvalue weighted by Crippen LogP contribution is -2.32. The summed E-state index contributed by atoms with van der Waals surface area (Å²) in [4.78, 5) is 12.4. The van der Waals surface area contributed by atoms with Crippen molar-refractivity contribution in [3.05, 3.63) is 95.8 Å². The fraction of sp³-hybridized carbons (Fsp3) is 0.542. The minimum Gasteiger partial charge on any atom is -0.481 e. The molecule has 0 aliphatic carbocycles. The number of nitrogens with zero attached hydrogens (tertiary/aromatic N) is 2. The van der Waals surface area contributed by atoms with Crippen molar-refractivity contribution < 1.29 is 90.0 Å². The van der Waals surface area contributed by atoms with Gasteiger partial charge < -0.3 is 33.7 Å². The highest BCUT2D eigenvalue weighted by Gasteiger charge is 2.48. The first-order valence-electron chi connectivity index (χ1n) is 23.6. The number of fused-ring (bicyclic) bond motifs is 2. The van der Waals surface area contributed by atoms with Crippen LogP contribution in [0.15, 0.2) is 94.4 Å².